The molecular formula is C20H18N2O3. The summed E-state index contributed by atoms with van der Waals surface area (Å²) >= 11 is 0. The first-order valence-electron chi connectivity index (χ1n) is 7.79. The highest BCUT2D eigenvalue weighted by Crippen LogP contribution is 2.36. The summed E-state index contributed by atoms with van der Waals surface area (Å²) in [6.07, 6.45) is 1.45. The van der Waals surface area contributed by atoms with Gasteiger partial charge < -0.3 is 15.3 Å². The molecule has 0 unspecified atom stereocenters. The summed E-state index contributed by atoms with van der Waals surface area (Å²) in [5.41, 5.74) is 2.29. The van der Waals surface area contributed by atoms with Gasteiger partial charge in [0.25, 0.3) is 0 Å². The Labute approximate surface area is 145 Å². The molecule has 0 aliphatic rings. The van der Waals surface area contributed by atoms with Crippen molar-refractivity contribution in [2.75, 3.05) is 5.01 Å². The lowest BCUT2D eigenvalue weighted by Gasteiger charge is -2.19. The Balaban J connectivity index is 1.91. The molecule has 3 aromatic rings. The Hall–Kier alpha value is -3.47. The normalized spacial score (nSPS) is 10.9. The van der Waals surface area contributed by atoms with Gasteiger partial charge in [0.05, 0.1) is 18.4 Å². The van der Waals surface area contributed by atoms with Gasteiger partial charge in [0.2, 0.25) is 5.75 Å². The predicted molar refractivity (Wildman–Crippen MR) is 98.1 cm³/mol. The van der Waals surface area contributed by atoms with E-state index in [1.807, 2.05) is 60.7 Å². The minimum absolute atomic E-state index is 0.310. The second-order valence-electron chi connectivity index (χ2n) is 5.49. The molecule has 0 radical (unpaired) electrons. The fourth-order valence-corrected chi connectivity index (χ4v) is 2.38. The van der Waals surface area contributed by atoms with Crippen molar-refractivity contribution in [1.29, 1.82) is 0 Å². The van der Waals surface area contributed by atoms with E-state index in [0.717, 1.165) is 11.3 Å². The minimum atomic E-state index is -0.557. The third kappa shape index (κ3) is 3.90. The zero-order chi connectivity index (χ0) is 17.6. The number of nitrogens with zero attached hydrogens (tertiary/aromatic N) is 2. The summed E-state index contributed by atoms with van der Waals surface area (Å²) < 4.78 is 0. The van der Waals surface area contributed by atoms with Gasteiger partial charge in [-0.3, -0.25) is 5.01 Å². The molecule has 0 aliphatic carbocycles. The van der Waals surface area contributed by atoms with E-state index >= 15 is 0 Å². The van der Waals surface area contributed by atoms with Crippen molar-refractivity contribution < 1.29 is 15.3 Å². The Morgan fingerprint density at radius 2 is 1.40 bits per heavy atom. The first-order valence-corrected chi connectivity index (χ1v) is 7.79. The first-order chi connectivity index (χ1) is 12.1. The van der Waals surface area contributed by atoms with E-state index in [9.17, 15) is 15.3 Å². The summed E-state index contributed by atoms with van der Waals surface area (Å²) in [5, 5.41) is 35.2. The number of phenolic OH excluding ortho intramolecular Hbond substituents is 3. The van der Waals surface area contributed by atoms with Gasteiger partial charge in [-0.25, -0.2) is 0 Å². The van der Waals surface area contributed by atoms with E-state index < -0.39 is 11.5 Å². The van der Waals surface area contributed by atoms with Gasteiger partial charge in [-0.1, -0.05) is 48.5 Å². The zero-order valence-electron chi connectivity index (χ0n) is 13.4. The number of hydrogen-bond donors (Lipinski definition) is 3. The van der Waals surface area contributed by atoms with E-state index in [0.29, 0.717) is 12.1 Å². The van der Waals surface area contributed by atoms with Crippen molar-refractivity contribution in [3.63, 3.8) is 0 Å². The van der Waals surface area contributed by atoms with Gasteiger partial charge in [0.1, 0.15) is 0 Å². The molecule has 0 bridgehead atoms. The highest BCUT2D eigenvalue weighted by atomic mass is 16.3. The number of benzene rings is 3. The highest BCUT2D eigenvalue weighted by Gasteiger charge is 2.10. The molecule has 0 atom stereocenters. The van der Waals surface area contributed by atoms with Crippen molar-refractivity contribution in [2.24, 2.45) is 5.10 Å². The molecule has 0 aromatic heterocycles. The van der Waals surface area contributed by atoms with Crippen LogP contribution in [0.4, 0.5) is 5.69 Å². The number of anilines is 1. The van der Waals surface area contributed by atoms with Gasteiger partial charge in [-0.05, 0) is 29.8 Å². The van der Waals surface area contributed by atoms with Crippen LogP contribution in [0.5, 0.6) is 17.2 Å². The maximum absolute atomic E-state index is 9.93. The highest BCUT2D eigenvalue weighted by molar-refractivity contribution is 5.86. The van der Waals surface area contributed by atoms with Gasteiger partial charge in [0.15, 0.2) is 11.5 Å². The lowest BCUT2D eigenvalue weighted by atomic mass is 10.2. The van der Waals surface area contributed by atoms with E-state index in [1.165, 1.54) is 18.3 Å². The summed E-state index contributed by atoms with van der Waals surface area (Å²) in [7, 11) is 0. The fourth-order valence-electron chi connectivity index (χ4n) is 2.38. The predicted octanol–water partition coefficient (Wildman–Crippen LogP) is 3.84. The number of hydrogen-bond acceptors (Lipinski definition) is 5. The lowest BCUT2D eigenvalue weighted by Crippen LogP contribution is -2.16. The van der Waals surface area contributed by atoms with Crippen molar-refractivity contribution >= 4 is 11.9 Å². The monoisotopic (exact) mass is 334 g/mol. The molecule has 0 saturated heterocycles. The smallest absolute Gasteiger partial charge is 0.200 e. The van der Waals surface area contributed by atoms with Crippen LogP contribution in [0.3, 0.4) is 0 Å². The fraction of sp³-hybridized carbons (Fsp3) is 0.0500. The minimum Gasteiger partial charge on any atom is -0.504 e. The maximum Gasteiger partial charge on any atom is 0.200 e. The summed E-state index contributed by atoms with van der Waals surface area (Å²) in [4.78, 5) is 0. The number of hydrazone groups is 1. The quantitative estimate of drug-likeness (QED) is 0.376. The molecule has 0 spiro atoms. The molecule has 0 fully saturated rings. The molecule has 0 amide bonds. The zero-order valence-corrected chi connectivity index (χ0v) is 13.4. The third-order valence-corrected chi connectivity index (χ3v) is 3.73. The lowest BCUT2D eigenvalue weighted by molar-refractivity contribution is 0.367. The molecule has 3 aromatic carbocycles. The van der Waals surface area contributed by atoms with Crippen LogP contribution in [0.1, 0.15) is 11.1 Å². The summed E-state index contributed by atoms with van der Waals surface area (Å²) in [6.45, 7) is 0.548. The van der Waals surface area contributed by atoms with Crippen molar-refractivity contribution in [1.82, 2.24) is 0 Å². The average Bonchev–Trinajstić information content (AvgIpc) is 2.66. The van der Waals surface area contributed by atoms with Crippen LogP contribution in [-0.4, -0.2) is 21.5 Å². The Kier molecular flexibility index (Phi) is 4.85. The van der Waals surface area contributed by atoms with Crippen molar-refractivity contribution in [3.05, 3.63) is 83.9 Å². The van der Waals surface area contributed by atoms with Crippen LogP contribution in [0, 0.1) is 0 Å². The van der Waals surface area contributed by atoms with Crippen LogP contribution < -0.4 is 5.01 Å². The average molecular weight is 334 g/mol. The molecule has 126 valence electrons. The number of para-hydroxylation sites is 1. The standard InChI is InChI=1S/C20H18N2O3/c23-18-12-11-16(19(24)20(18)25)13-21-22(17-9-5-2-6-10-17)14-15-7-3-1-4-8-15/h1-13,23-25H,14H2/b21-13+. The van der Waals surface area contributed by atoms with Crippen LogP contribution >= 0.6 is 0 Å². The molecule has 0 aliphatic heterocycles. The van der Waals surface area contributed by atoms with Crippen molar-refractivity contribution in [2.45, 2.75) is 6.54 Å². The Morgan fingerprint density at radius 3 is 2.08 bits per heavy atom. The number of phenols is 3. The number of rotatable bonds is 5. The van der Waals surface area contributed by atoms with Gasteiger partial charge in [-0.15, -0.1) is 0 Å². The Morgan fingerprint density at radius 1 is 0.760 bits per heavy atom. The molecule has 0 heterocycles. The van der Waals surface area contributed by atoms with Crippen LogP contribution in [-0.2, 0) is 6.54 Å². The summed E-state index contributed by atoms with van der Waals surface area (Å²) in [6, 6.07) is 22.3. The third-order valence-electron chi connectivity index (χ3n) is 3.73. The largest absolute Gasteiger partial charge is 0.504 e. The SMILES string of the molecule is Oc1ccc(/C=N/N(Cc2ccccc2)c2ccccc2)c(O)c1O. The molecule has 25 heavy (non-hydrogen) atoms. The topological polar surface area (TPSA) is 76.3 Å². The van der Waals surface area contributed by atoms with Gasteiger partial charge >= 0.3 is 0 Å². The number of aromatic hydroxyl groups is 3. The van der Waals surface area contributed by atoms with Crippen LogP contribution in [0.15, 0.2) is 77.9 Å². The van der Waals surface area contributed by atoms with E-state index in [-0.39, 0.29) is 5.75 Å². The second kappa shape index (κ2) is 7.40. The molecule has 0 saturated carbocycles. The Bertz CT molecular complexity index is 865. The van der Waals surface area contributed by atoms with E-state index in [4.69, 9.17) is 0 Å². The maximum atomic E-state index is 9.93. The molecule has 5 heteroatoms. The van der Waals surface area contributed by atoms with Gasteiger partial charge in [0, 0.05) is 5.56 Å². The van der Waals surface area contributed by atoms with Crippen molar-refractivity contribution in [3.8, 4) is 17.2 Å². The first kappa shape index (κ1) is 16.4. The molecule has 3 N–H and O–H groups in total. The van der Waals surface area contributed by atoms with E-state index in [1.54, 1.807) is 5.01 Å². The molecule has 3 rings (SSSR count). The van der Waals surface area contributed by atoms with E-state index in [2.05, 4.69) is 5.10 Å². The van der Waals surface area contributed by atoms with Crippen LogP contribution in [0.25, 0.3) is 0 Å². The van der Waals surface area contributed by atoms with Gasteiger partial charge in [-0.2, -0.15) is 5.10 Å². The second-order valence-corrected chi connectivity index (χ2v) is 5.49. The summed E-state index contributed by atoms with van der Waals surface area (Å²) in [5.74, 6) is -1.34. The van der Waals surface area contributed by atoms with Crippen LogP contribution in [0.2, 0.25) is 0 Å². The molecular weight excluding hydrogens is 316 g/mol. The molecule has 5 nitrogen and oxygen atoms in total.